The van der Waals surface area contributed by atoms with Gasteiger partial charge in [0.25, 0.3) is 5.24 Å². The largest absolute Gasteiger partial charge is 0.352 e. The van der Waals surface area contributed by atoms with Gasteiger partial charge < -0.3 is 10.1 Å². The highest BCUT2D eigenvalue weighted by Crippen LogP contribution is 2.06. The number of carbonyl (C=O) groups excluding carboxylic acids is 1. The van der Waals surface area contributed by atoms with Gasteiger partial charge in [0, 0.05) is 5.94 Å². The molecular weight excluding hydrogens is 182 g/mol. The van der Waals surface area contributed by atoms with Crippen molar-refractivity contribution in [2.75, 3.05) is 13.6 Å². The van der Waals surface area contributed by atoms with Crippen molar-refractivity contribution in [1.29, 1.82) is 0 Å². The quantitative estimate of drug-likeness (QED) is 0.444. The van der Waals surface area contributed by atoms with E-state index in [2.05, 4.69) is 44.7 Å². The molecule has 0 saturated heterocycles. The van der Waals surface area contributed by atoms with Gasteiger partial charge in [0.15, 0.2) is 7.98 Å². The molecule has 0 saturated carbocycles. The van der Waals surface area contributed by atoms with Crippen LogP contribution in [-0.2, 0) is 0 Å². The highest BCUT2D eigenvalue weighted by Gasteiger charge is 2.12. The number of amides is 1. The molecule has 0 aromatic carbocycles. The molecule has 74 valence electrons. The van der Waals surface area contributed by atoms with E-state index in [9.17, 15) is 4.79 Å². The molecule has 0 aliphatic heterocycles. The Morgan fingerprint density at radius 2 is 2.23 bits per heavy atom. The predicted octanol–water partition coefficient (Wildman–Crippen LogP) is -0.909. The van der Waals surface area contributed by atoms with Gasteiger partial charge in [0.1, 0.15) is 7.85 Å². The maximum absolute atomic E-state index is 10.6. The van der Waals surface area contributed by atoms with Crippen LogP contribution in [0.2, 0.25) is 0 Å². The van der Waals surface area contributed by atoms with Crippen LogP contribution in [0.15, 0.2) is 0 Å². The molecule has 0 fully saturated rings. The standard InChI is InChI=1S/C7H18B2N2OS/c1-5(3-4-11(2)9)6(8)10-7(12)13/h5-6H,3-4,8-9H2,1-2H3,(H2,10,12,13). The Morgan fingerprint density at radius 3 is 2.62 bits per heavy atom. The number of hydrogen-bond donors (Lipinski definition) is 2. The molecule has 13 heavy (non-hydrogen) atoms. The fourth-order valence-corrected chi connectivity index (χ4v) is 1.25. The summed E-state index contributed by atoms with van der Waals surface area (Å²) in [6, 6.07) is 0. The minimum absolute atomic E-state index is 0.199. The lowest BCUT2D eigenvalue weighted by Crippen LogP contribution is -2.38. The lowest BCUT2D eigenvalue weighted by atomic mass is 9.83. The van der Waals surface area contributed by atoms with Gasteiger partial charge in [-0.1, -0.05) is 19.6 Å². The summed E-state index contributed by atoms with van der Waals surface area (Å²) in [7, 11) is 6.11. The fourth-order valence-electron chi connectivity index (χ4n) is 1.05. The molecule has 1 amide bonds. The smallest absolute Gasteiger partial charge is 0.275 e. The minimum Gasteiger partial charge on any atom is -0.352 e. The predicted molar refractivity (Wildman–Crippen MR) is 64.8 cm³/mol. The molecule has 0 aromatic rings. The minimum atomic E-state index is -0.246. The van der Waals surface area contributed by atoms with Gasteiger partial charge in [-0.15, -0.1) is 0 Å². The maximum atomic E-state index is 10.6. The van der Waals surface area contributed by atoms with E-state index in [0.717, 1.165) is 13.0 Å². The van der Waals surface area contributed by atoms with E-state index in [1.54, 1.807) is 0 Å². The number of nitrogens with one attached hydrogen (secondary N) is 1. The van der Waals surface area contributed by atoms with Gasteiger partial charge in [-0.25, -0.2) is 0 Å². The van der Waals surface area contributed by atoms with Gasteiger partial charge in [0.05, 0.1) is 0 Å². The van der Waals surface area contributed by atoms with Gasteiger partial charge in [-0.05, 0) is 25.9 Å². The van der Waals surface area contributed by atoms with Crippen LogP contribution >= 0.6 is 12.6 Å². The zero-order valence-electron chi connectivity index (χ0n) is 8.87. The highest BCUT2D eigenvalue weighted by atomic mass is 32.1. The van der Waals surface area contributed by atoms with Crippen molar-refractivity contribution in [1.82, 2.24) is 10.1 Å². The molecule has 2 atom stereocenters. The summed E-state index contributed by atoms with van der Waals surface area (Å²) >= 11 is 3.68. The van der Waals surface area contributed by atoms with E-state index < -0.39 is 0 Å². The molecule has 3 nitrogen and oxygen atoms in total. The summed E-state index contributed by atoms with van der Waals surface area (Å²) in [6.45, 7) is 3.19. The van der Waals surface area contributed by atoms with Crippen LogP contribution in [-0.4, -0.2) is 45.4 Å². The highest BCUT2D eigenvalue weighted by molar-refractivity contribution is 7.96. The summed E-state index contributed by atoms with van der Waals surface area (Å²) in [4.78, 5) is 12.8. The topological polar surface area (TPSA) is 32.3 Å². The first-order valence-electron chi connectivity index (χ1n) is 4.57. The lowest BCUT2D eigenvalue weighted by molar-refractivity contribution is 0.257. The Bertz CT molecular complexity index is 169. The third kappa shape index (κ3) is 7.02. The Labute approximate surface area is 87.9 Å². The van der Waals surface area contributed by atoms with Gasteiger partial charge >= 0.3 is 0 Å². The van der Waals surface area contributed by atoms with E-state index in [1.807, 2.05) is 7.85 Å². The Kier molecular flexibility index (Phi) is 6.33. The first-order chi connectivity index (χ1) is 5.93. The van der Waals surface area contributed by atoms with Crippen molar-refractivity contribution >= 4 is 33.7 Å². The molecule has 0 heterocycles. The summed E-state index contributed by atoms with van der Waals surface area (Å²) in [5.74, 6) is 0.684. The van der Waals surface area contributed by atoms with E-state index >= 15 is 0 Å². The second-order valence-corrected chi connectivity index (χ2v) is 4.21. The second kappa shape index (κ2) is 6.38. The molecule has 0 aliphatic rings. The molecular formula is C7H18B2N2OS. The van der Waals surface area contributed by atoms with Crippen LogP contribution < -0.4 is 5.32 Å². The van der Waals surface area contributed by atoms with Crippen molar-refractivity contribution in [3.05, 3.63) is 0 Å². The molecule has 0 spiro atoms. The molecule has 6 heteroatoms. The molecule has 0 radical (unpaired) electrons. The van der Waals surface area contributed by atoms with E-state index in [4.69, 9.17) is 0 Å². The third-order valence-corrected chi connectivity index (χ3v) is 2.37. The summed E-state index contributed by atoms with van der Waals surface area (Å²) < 4.78 is 0. The molecule has 2 unspecified atom stereocenters. The van der Waals surface area contributed by atoms with Crippen LogP contribution in [0.4, 0.5) is 4.79 Å². The van der Waals surface area contributed by atoms with Crippen molar-refractivity contribution in [3.8, 4) is 0 Å². The van der Waals surface area contributed by atoms with Crippen molar-refractivity contribution in [3.63, 3.8) is 0 Å². The van der Waals surface area contributed by atoms with E-state index in [-0.39, 0.29) is 11.2 Å². The molecule has 0 bridgehead atoms. The average molecular weight is 200 g/mol. The van der Waals surface area contributed by atoms with E-state index in [1.165, 1.54) is 0 Å². The van der Waals surface area contributed by atoms with Crippen molar-refractivity contribution < 1.29 is 4.79 Å². The Balaban J connectivity index is 3.68. The van der Waals surface area contributed by atoms with Crippen molar-refractivity contribution in [2.24, 2.45) is 5.92 Å². The van der Waals surface area contributed by atoms with Crippen LogP contribution in [0.5, 0.6) is 0 Å². The summed E-state index contributed by atoms with van der Waals surface area (Å²) in [5.41, 5.74) is 0. The SMILES string of the molecule is BC(NC(=O)S)C(C)CCN(B)C. The van der Waals surface area contributed by atoms with Crippen LogP contribution in [0.25, 0.3) is 0 Å². The van der Waals surface area contributed by atoms with Gasteiger partial charge in [-0.2, -0.15) is 0 Å². The lowest BCUT2D eigenvalue weighted by Gasteiger charge is -2.22. The first-order valence-corrected chi connectivity index (χ1v) is 5.02. The molecule has 0 aliphatic carbocycles. The van der Waals surface area contributed by atoms with Crippen molar-refractivity contribution in [2.45, 2.75) is 19.3 Å². The number of hydrogen-bond acceptors (Lipinski definition) is 2. The normalized spacial score (nSPS) is 15.4. The van der Waals surface area contributed by atoms with Crippen LogP contribution in [0.1, 0.15) is 13.3 Å². The summed E-state index contributed by atoms with van der Waals surface area (Å²) in [6.07, 6.45) is 1.09. The number of rotatable bonds is 5. The molecule has 0 aromatic heterocycles. The van der Waals surface area contributed by atoms with Gasteiger partial charge in [-0.3, -0.25) is 4.79 Å². The number of nitrogens with zero attached hydrogens (tertiary/aromatic N) is 1. The molecule has 1 N–H and O–H groups in total. The zero-order valence-corrected chi connectivity index (χ0v) is 9.77. The van der Waals surface area contributed by atoms with Crippen LogP contribution in [0, 0.1) is 5.92 Å². The van der Waals surface area contributed by atoms with Crippen LogP contribution in [0.3, 0.4) is 0 Å². The molecule has 0 rings (SSSR count). The fraction of sp³-hybridized carbons (Fsp3) is 0.857. The zero-order chi connectivity index (χ0) is 10.4. The second-order valence-electron chi connectivity index (χ2n) is 3.81. The van der Waals surface area contributed by atoms with E-state index in [0.29, 0.717) is 5.92 Å². The Hall–Kier alpha value is -0.0901. The Morgan fingerprint density at radius 1 is 1.69 bits per heavy atom. The third-order valence-electron chi connectivity index (χ3n) is 2.24. The average Bonchev–Trinajstić information content (AvgIpc) is 1.98. The maximum Gasteiger partial charge on any atom is 0.275 e. The number of carbonyl (C=O) groups is 1. The monoisotopic (exact) mass is 200 g/mol. The summed E-state index contributed by atoms with van der Waals surface area (Å²) in [5, 5.41) is 2.53. The van der Waals surface area contributed by atoms with Gasteiger partial charge in [0.2, 0.25) is 0 Å². The first kappa shape index (κ1) is 12.9. The number of thiol groups is 1.